The highest BCUT2D eigenvalue weighted by molar-refractivity contribution is 8.22. The van der Waals surface area contributed by atoms with Gasteiger partial charge >= 0.3 is 0 Å². The highest BCUT2D eigenvalue weighted by Crippen LogP contribution is 2.71. The zero-order valence-corrected chi connectivity index (χ0v) is 19.1. The molecule has 1 aliphatic heterocycles. The second-order valence-electron chi connectivity index (χ2n) is 9.98. The first kappa shape index (κ1) is 20.0. The second kappa shape index (κ2) is 6.81. The summed E-state index contributed by atoms with van der Waals surface area (Å²) >= 11 is 14.1. The average Bonchev–Trinajstić information content (AvgIpc) is 3.08. The number of fused-ring (bicyclic) bond motifs is 3. The minimum absolute atomic E-state index is 0.0568. The van der Waals surface area contributed by atoms with E-state index in [9.17, 15) is 5.11 Å². The normalized spacial score (nSPS) is 53.4. The van der Waals surface area contributed by atoms with Crippen LogP contribution in [0.15, 0.2) is 5.10 Å². The number of ether oxygens (including phenoxy) is 1. The third-order valence-corrected chi connectivity index (χ3v) is 11.0. The molecule has 7 heteroatoms. The number of nitrogens with one attached hydrogen (secondary N) is 1. The lowest BCUT2D eigenvalue weighted by atomic mass is 9.45. The Hall–Kier alpha value is 0.120. The van der Waals surface area contributed by atoms with Gasteiger partial charge in [-0.1, -0.05) is 30.9 Å². The Labute approximate surface area is 182 Å². The number of thiocarbonyl (C=S) groups is 1. The highest BCUT2D eigenvalue weighted by Gasteiger charge is 2.72. The Kier molecular flexibility index (Phi) is 4.88. The van der Waals surface area contributed by atoms with Crippen molar-refractivity contribution in [2.75, 3.05) is 12.9 Å². The van der Waals surface area contributed by atoms with E-state index in [1.807, 2.05) is 6.26 Å². The monoisotopic (exact) mass is 442 g/mol. The zero-order chi connectivity index (χ0) is 19.7. The molecule has 0 spiro atoms. The van der Waals surface area contributed by atoms with Gasteiger partial charge in [-0.05, 0) is 75.4 Å². The van der Waals surface area contributed by atoms with Crippen molar-refractivity contribution in [2.24, 2.45) is 33.7 Å². The molecule has 4 aliphatic carbocycles. The Morgan fingerprint density at radius 2 is 2.14 bits per heavy atom. The number of alkyl halides is 1. The van der Waals surface area contributed by atoms with Gasteiger partial charge in [0.1, 0.15) is 0 Å². The van der Waals surface area contributed by atoms with Gasteiger partial charge < -0.3 is 9.84 Å². The van der Waals surface area contributed by atoms with E-state index in [1.54, 1.807) is 0 Å². The Morgan fingerprint density at radius 3 is 2.93 bits per heavy atom. The molecule has 2 N–H and O–H groups in total. The third kappa shape index (κ3) is 2.57. The molecule has 2 bridgehead atoms. The Bertz CT molecular complexity index is 721. The Morgan fingerprint density at radius 1 is 1.32 bits per heavy atom. The average molecular weight is 443 g/mol. The van der Waals surface area contributed by atoms with Crippen molar-refractivity contribution in [3.63, 3.8) is 0 Å². The molecule has 0 aromatic carbocycles. The molecule has 0 aromatic rings. The summed E-state index contributed by atoms with van der Waals surface area (Å²) in [5.74, 6) is 1.94. The van der Waals surface area contributed by atoms with Gasteiger partial charge in [-0.25, -0.2) is 0 Å². The van der Waals surface area contributed by atoms with E-state index in [0.29, 0.717) is 24.2 Å². The van der Waals surface area contributed by atoms with Crippen molar-refractivity contribution < 1.29 is 9.84 Å². The maximum atomic E-state index is 10.3. The summed E-state index contributed by atoms with van der Waals surface area (Å²) in [5.41, 5.74) is 4.63. The Balaban J connectivity index is 1.45. The number of hydrogen-bond acceptors (Lipinski definition) is 5. The first-order valence-corrected chi connectivity index (χ1v) is 12.7. The fourth-order valence-electron chi connectivity index (χ4n) is 7.84. The minimum atomic E-state index is -0.360. The molecule has 0 radical (unpaired) electrons. The number of aliphatic hydroxyl groups is 1. The zero-order valence-electron chi connectivity index (χ0n) is 16.7. The molecular weight excluding hydrogens is 412 g/mol. The van der Waals surface area contributed by atoms with Gasteiger partial charge in [0.2, 0.25) is 0 Å². The molecule has 5 aliphatic rings. The van der Waals surface area contributed by atoms with Crippen molar-refractivity contribution in [3.8, 4) is 0 Å². The third-order valence-electron chi connectivity index (χ3n) is 9.18. The summed E-state index contributed by atoms with van der Waals surface area (Å²) < 4.78 is 7.09. The molecular formula is C21H31ClN2O2S2. The molecule has 5 rings (SSSR count). The van der Waals surface area contributed by atoms with Crippen LogP contribution in [0.1, 0.15) is 58.3 Å². The first-order chi connectivity index (χ1) is 13.3. The lowest BCUT2D eigenvalue weighted by molar-refractivity contribution is -0.0903. The lowest BCUT2D eigenvalue weighted by Crippen LogP contribution is -2.63. The van der Waals surface area contributed by atoms with Crippen LogP contribution in [-0.4, -0.2) is 45.1 Å². The number of nitrogens with zero attached hydrogens (tertiary/aromatic N) is 1. The van der Waals surface area contributed by atoms with E-state index in [4.69, 9.17) is 33.7 Å². The van der Waals surface area contributed by atoms with Gasteiger partial charge in [0.25, 0.3) is 0 Å². The van der Waals surface area contributed by atoms with Gasteiger partial charge in [0.15, 0.2) is 4.32 Å². The maximum Gasteiger partial charge on any atom is 0.153 e. The molecule has 156 valence electrons. The predicted octanol–water partition coefficient (Wildman–Crippen LogP) is 4.33. The number of thioether (sulfide) groups is 1. The summed E-state index contributed by atoms with van der Waals surface area (Å²) in [6.45, 7) is 3.22. The summed E-state index contributed by atoms with van der Waals surface area (Å²) in [7, 11) is 0. The summed E-state index contributed by atoms with van der Waals surface area (Å²) in [6.07, 6.45) is 10.1. The van der Waals surface area contributed by atoms with Gasteiger partial charge in [0.05, 0.1) is 23.7 Å². The van der Waals surface area contributed by atoms with Gasteiger partial charge in [0, 0.05) is 16.5 Å². The van der Waals surface area contributed by atoms with E-state index in [-0.39, 0.29) is 27.9 Å². The van der Waals surface area contributed by atoms with E-state index in [2.05, 4.69) is 12.3 Å². The fraction of sp³-hybridized carbons (Fsp3) is 0.905. The van der Waals surface area contributed by atoms with Crippen LogP contribution in [0.2, 0.25) is 0 Å². The molecule has 8 atom stereocenters. The largest absolute Gasteiger partial charge is 0.393 e. The van der Waals surface area contributed by atoms with E-state index < -0.39 is 0 Å². The van der Waals surface area contributed by atoms with Crippen molar-refractivity contribution in [1.82, 2.24) is 5.43 Å². The van der Waals surface area contributed by atoms with E-state index >= 15 is 0 Å². The molecule has 5 fully saturated rings. The van der Waals surface area contributed by atoms with Crippen LogP contribution in [0.5, 0.6) is 0 Å². The van der Waals surface area contributed by atoms with Crippen molar-refractivity contribution in [1.29, 1.82) is 0 Å². The van der Waals surface area contributed by atoms with Crippen molar-refractivity contribution in [2.45, 2.75) is 75.4 Å². The molecule has 0 aromatic heterocycles. The van der Waals surface area contributed by atoms with Crippen LogP contribution in [-0.2, 0) is 4.74 Å². The molecule has 1 heterocycles. The predicted molar refractivity (Wildman–Crippen MR) is 119 cm³/mol. The number of halogens is 1. The van der Waals surface area contributed by atoms with E-state index in [1.165, 1.54) is 36.7 Å². The molecule has 1 saturated heterocycles. The van der Waals surface area contributed by atoms with Crippen LogP contribution in [0.25, 0.3) is 0 Å². The number of aliphatic hydroxyl groups excluding tert-OH is 1. The van der Waals surface area contributed by atoms with Gasteiger partial charge in [-0.15, -0.1) is 11.6 Å². The van der Waals surface area contributed by atoms with Crippen LogP contribution < -0.4 is 5.43 Å². The summed E-state index contributed by atoms with van der Waals surface area (Å²) in [5, 5.41) is 15.1. The van der Waals surface area contributed by atoms with Crippen LogP contribution in [0, 0.1) is 28.6 Å². The molecule has 4 nitrogen and oxygen atoms in total. The topological polar surface area (TPSA) is 53.9 Å². The van der Waals surface area contributed by atoms with Crippen molar-refractivity contribution >= 4 is 45.6 Å². The van der Waals surface area contributed by atoms with Crippen molar-refractivity contribution in [3.05, 3.63) is 0 Å². The molecule has 28 heavy (non-hydrogen) atoms. The maximum absolute atomic E-state index is 10.3. The smallest absolute Gasteiger partial charge is 0.153 e. The molecule has 4 saturated carbocycles. The molecule has 6 unspecified atom stereocenters. The summed E-state index contributed by atoms with van der Waals surface area (Å²) in [4.78, 5) is -0.360. The first-order valence-electron chi connectivity index (χ1n) is 10.7. The van der Waals surface area contributed by atoms with Crippen LogP contribution in [0.4, 0.5) is 0 Å². The summed E-state index contributed by atoms with van der Waals surface area (Å²) in [6, 6.07) is 0. The van der Waals surface area contributed by atoms with E-state index in [0.717, 1.165) is 36.6 Å². The number of hydrogen-bond donors (Lipinski definition) is 2. The minimum Gasteiger partial charge on any atom is -0.393 e. The number of rotatable bonds is 1. The lowest BCUT2D eigenvalue weighted by Gasteiger charge is -2.61. The second-order valence-corrected chi connectivity index (χ2v) is 12.1. The van der Waals surface area contributed by atoms with Crippen LogP contribution in [0.3, 0.4) is 0 Å². The van der Waals surface area contributed by atoms with Crippen LogP contribution >= 0.6 is 35.6 Å². The molecule has 0 amide bonds. The fourth-order valence-corrected chi connectivity index (χ4v) is 8.64. The highest BCUT2D eigenvalue weighted by atomic mass is 35.5. The van der Waals surface area contributed by atoms with Gasteiger partial charge in [-0.2, -0.15) is 5.10 Å². The van der Waals surface area contributed by atoms with Gasteiger partial charge in [-0.3, -0.25) is 5.43 Å². The number of hydrazone groups is 1. The quantitative estimate of drug-likeness (QED) is 0.359. The SMILES string of the molecule is CSC(=S)N/N=C1\CCC2C3CC4OCC5(CCC(O)C[C@]45Cl)C3CC[C@]12C. The standard InChI is InChI=1S/C21H31ClN2O2S2/c1-19-7-6-15-13(14(19)3-4-16(19)23-24-18(27)28-2)9-17-21(22)10-12(25)5-8-20(15,21)11-26-17/h12-15,17,25H,3-11H2,1-2H3,(H,24,27)/b23-16+/t12?,13?,14?,15?,17?,19-,20?,21-/m0/s1.